The van der Waals surface area contributed by atoms with Crippen LogP contribution in [0.15, 0.2) is 12.7 Å². The van der Waals surface area contributed by atoms with Crippen LogP contribution in [-0.4, -0.2) is 27.5 Å². The van der Waals surface area contributed by atoms with E-state index in [1.165, 1.54) is 0 Å². The first kappa shape index (κ1) is 16.5. The summed E-state index contributed by atoms with van der Waals surface area (Å²) < 4.78 is 19.3. The van der Waals surface area contributed by atoms with Crippen LogP contribution in [0, 0.1) is 0 Å². The molecule has 0 rings (SSSR count). The van der Waals surface area contributed by atoms with Gasteiger partial charge in [0, 0.05) is 19.1 Å². The molecule has 0 aliphatic rings. The molecule has 0 atom stereocenters. The van der Waals surface area contributed by atoms with Crippen molar-refractivity contribution >= 4 is 22.2 Å². The molecule has 0 radical (unpaired) electrons. The summed E-state index contributed by atoms with van der Waals surface area (Å²) >= 11 is 0. The molecule has 0 saturated heterocycles. The lowest BCUT2D eigenvalue weighted by molar-refractivity contribution is 0.607. The van der Waals surface area contributed by atoms with Crippen molar-refractivity contribution in [2.24, 2.45) is 5.73 Å². The maximum Gasteiger partial charge on any atom is 0.144 e. The summed E-state index contributed by atoms with van der Waals surface area (Å²) in [5, 5.41) is 0. The Bertz CT molecular complexity index is 145. The number of rotatable bonds is 1. The highest BCUT2D eigenvalue weighted by Gasteiger charge is 1.79. The van der Waals surface area contributed by atoms with Crippen LogP contribution in [0.25, 0.3) is 0 Å². The van der Waals surface area contributed by atoms with E-state index in [0.29, 0.717) is 6.54 Å². The van der Waals surface area contributed by atoms with E-state index in [9.17, 15) is 8.42 Å². The first-order valence-electron chi connectivity index (χ1n) is 2.37. The zero-order valence-corrected chi connectivity index (χ0v) is 7.83. The van der Waals surface area contributed by atoms with E-state index < -0.39 is 9.84 Å². The lowest BCUT2D eigenvalue weighted by Gasteiger charge is -1.69. The number of sulfone groups is 1. The highest BCUT2D eigenvalue weighted by Crippen LogP contribution is 1.61. The summed E-state index contributed by atoms with van der Waals surface area (Å²) in [6, 6.07) is 0. The average molecular weight is 188 g/mol. The van der Waals surface area contributed by atoms with Gasteiger partial charge in [0.15, 0.2) is 0 Å². The van der Waals surface area contributed by atoms with Gasteiger partial charge in [-0.1, -0.05) is 6.08 Å². The van der Waals surface area contributed by atoms with E-state index in [1.807, 2.05) is 0 Å². The molecule has 0 saturated carbocycles. The van der Waals surface area contributed by atoms with Crippen LogP contribution in [0.5, 0.6) is 0 Å². The fraction of sp³-hybridized carbons (Fsp3) is 0.600. The van der Waals surface area contributed by atoms with Crippen molar-refractivity contribution < 1.29 is 8.42 Å². The molecule has 0 unspecified atom stereocenters. The Morgan fingerprint density at radius 2 is 1.60 bits per heavy atom. The Morgan fingerprint density at radius 1 is 1.50 bits per heavy atom. The quantitative estimate of drug-likeness (QED) is 0.598. The molecule has 0 bridgehead atoms. The van der Waals surface area contributed by atoms with Crippen molar-refractivity contribution in [3.8, 4) is 0 Å². The van der Waals surface area contributed by atoms with E-state index in [0.717, 1.165) is 12.5 Å². The van der Waals surface area contributed by atoms with Crippen LogP contribution in [0.2, 0.25) is 0 Å². The molecule has 0 aromatic carbocycles. The lowest BCUT2D eigenvalue weighted by atomic mass is 10.7. The predicted octanol–water partition coefficient (Wildman–Crippen LogP) is 0.214. The third kappa shape index (κ3) is 433. The normalized spacial score (nSPS) is 8.30. The second-order valence-electron chi connectivity index (χ2n) is 1.67. The third-order valence-electron chi connectivity index (χ3n) is 0.167. The monoisotopic (exact) mass is 187 g/mol. The highest BCUT2D eigenvalue weighted by atomic mass is 35.5. The number of nitrogens with two attached hydrogens (primary N) is 1. The Balaban J connectivity index is -0.0000000910. The highest BCUT2D eigenvalue weighted by molar-refractivity contribution is 7.89. The third-order valence-corrected chi connectivity index (χ3v) is 0.167. The van der Waals surface area contributed by atoms with E-state index >= 15 is 0 Å². The molecule has 0 aromatic heterocycles. The van der Waals surface area contributed by atoms with Gasteiger partial charge in [-0.2, -0.15) is 0 Å². The topological polar surface area (TPSA) is 60.2 Å². The molecule has 2 N–H and O–H groups in total. The SMILES string of the molecule is C=CCN.CS(C)(=O)=O.Cl. The van der Waals surface area contributed by atoms with Gasteiger partial charge < -0.3 is 5.73 Å². The molecule has 3 nitrogen and oxygen atoms in total. The van der Waals surface area contributed by atoms with Crippen molar-refractivity contribution in [3.63, 3.8) is 0 Å². The van der Waals surface area contributed by atoms with E-state index in [1.54, 1.807) is 6.08 Å². The summed E-state index contributed by atoms with van der Waals surface area (Å²) in [5.41, 5.74) is 4.91. The van der Waals surface area contributed by atoms with E-state index in [2.05, 4.69) is 6.58 Å². The van der Waals surface area contributed by atoms with Crippen LogP contribution in [0.1, 0.15) is 0 Å². The molecule has 64 valence electrons. The Morgan fingerprint density at radius 3 is 1.60 bits per heavy atom. The Kier molecular flexibility index (Phi) is 14.7. The minimum Gasteiger partial charge on any atom is -0.327 e. The summed E-state index contributed by atoms with van der Waals surface area (Å²) in [6.45, 7) is 3.94. The van der Waals surface area contributed by atoms with Crippen molar-refractivity contribution in [1.29, 1.82) is 0 Å². The summed E-state index contributed by atoms with van der Waals surface area (Å²) in [5.74, 6) is 0. The first-order valence-corrected chi connectivity index (χ1v) is 4.67. The van der Waals surface area contributed by atoms with Gasteiger partial charge in [-0.25, -0.2) is 8.42 Å². The molecule has 0 aromatic rings. The summed E-state index contributed by atoms with van der Waals surface area (Å²) in [4.78, 5) is 0. The largest absolute Gasteiger partial charge is 0.327 e. The molecule has 5 heteroatoms. The zero-order chi connectivity index (χ0) is 7.91. The zero-order valence-electron chi connectivity index (χ0n) is 6.20. The molecule has 0 heterocycles. The van der Waals surface area contributed by atoms with Gasteiger partial charge in [0.05, 0.1) is 0 Å². The number of hydrogen-bond donors (Lipinski definition) is 1. The van der Waals surface area contributed by atoms with Gasteiger partial charge in [0.2, 0.25) is 0 Å². The second kappa shape index (κ2) is 8.94. The maximum atomic E-state index is 9.63. The minimum atomic E-state index is -2.67. The summed E-state index contributed by atoms with van der Waals surface area (Å²) in [7, 11) is -2.67. The fourth-order valence-corrected chi connectivity index (χ4v) is 0. The molecule has 0 fully saturated rings. The van der Waals surface area contributed by atoms with Crippen LogP contribution >= 0.6 is 12.4 Å². The van der Waals surface area contributed by atoms with Gasteiger partial charge in [-0.05, 0) is 0 Å². The average Bonchev–Trinajstić information content (AvgIpc) is 1.61. The minimum absolute atomic E-state index is 0. The van der Waals surface area contributed by atoms with E-state index in [-0.39, 0.29) is 12.4 Å². The van der Waals surface area contributed by atoms with Crippen LogP contribution < -0.4 is 5.73 Å². The van der Waals surface area contributed by atoms with Crippen molar-refractivity contribution in [2.75, 3.05) is 19.1 Å². The second-order valence-corrected chi connectivity index (χ2v) is 3.95. The molecule has 0 spiro atoms. The van der Waals surface area contributed by atoms with Crippen molar-refractivity contribution in [1.82, 2.24) is 0 Å². The maximum absolute atomic E-state index is 9.63. The number of hydrogen-bond acceptors (Lipinski definition) is 3. The van der Waals surface area contributed by atoms with Crippen LogP contribution in [0.3, 0.4) is 0 Å². The van der Waals surface area contributed by atoms with Crippen LogP contribution in [0.4, 0.5) is 0 Å². The van der Waals surface area contributed by atoms with Gasteiger partial charge >= 0.3 is 0 Å². The molecule has 0 aliphatic carbocycles. The van der Waals surface area contributed by atoms with Gasteiger partial charge in [-0.3, -0.25) is 0 Å². The first-order chi connectivity index (χ1) is 3.91. The Hall–Kier alpha value is -0.0600. The van der Waals surface area contributed by atoms with Gasteiger partial charge in [0.25, 0.3) is 0 Å². The molecule has 0 aliphatic heterocycles. The van der Waals surface area contributed by atoms with Gasteiger partial charge in [0.1, 0.15) is 9.84 Å². The summed E-state index contributed by atoms with van der Waals surface area (Å²) in [6.07, 6.45) is 3.97. The molecule has 10 heavy (non-hydrogen) atoms. The van der Waals surface area contributed by atoms with E-state index in [4.69, 9.17) is 5.73 Å². The van der Waals surface area contributed by atoms with Crippen LogP contribution in [-0.2, 0) is 9.84 Å². The predicted molar refractivity (Wildman–Crippen MR) is 47.3 cm³/mol. The molecular weight excluding hydrogens is 174 g/mol. The Labute approximate surface area is 68.6 Å². The smallest absolute Gasteiger partial charge is 0.144 e. The van der Waals surface area contributed by atoms with Crippen molar-refractivity contribution in [3.05, 3.63) is 12.7 Å². The van der Waals surface area contributed by atoms with Gasteiger partial charge in [-0.15, -0.1) is 19.0 Å². The molecular formula is C5H14ClNO2S. The molecule has 0 amide bonds. The van der Waals surface area contributed by atoms with Crippen molar-refractivity contribution in [2.45, 2.75) is 0 Å². The standard InChI is InChI=1S/C3H7N.C2H6O2S.ClH/c1-2-3-4;1-5(2,3)4;/h2H,1,3-4H2;1-2H3;1H. The lowest BCUT2D eigenvalue weighted by Crippen LogP contribution is -1.90. The number of halogens is 1. The fourth-order valence-electron chi connectivity index (χ4n) is 0.